The van der Waals surface area contributed by atoms with Crippen LogP contribution in [0.5, 0.6) is 0 Å². The number of benzene rings is 1. The van der Waals surface area contributed by atoms with E-state index in [1.54, 1.807) is 19.9 Å². The number of nitro groups is 1. The quantitative estimate of drug-likeness (QED) is 0.571. The van der Waals surface area contributed by atoms with E-state index in [-0.39, 0.29) is 5.69 Å². The van der Waals surface area contributed by atoms with E-state index in [0.29, 0.717) is 17.3 Å². The van der Waals surface area contributed by atoms with Gasteiger partial charge in [0.2, 0.25) is 0 Å². The summed E-state index contributed by atoms with van der Waals surface area (Å²) in [6, 6.07) is 4.51. The summed E-state index contributed by atoms with van der Waals surface area (Å²) in [5.41, 5.74) is 1.50. The number of non-ortho nitro benzene ring substituents is 1. The van der Waals surface area contributed by atoms with E-state index in [1.807, 2.05) is 0 Å². The molecule has 2 rings (SSSR count). The second kappa shape index (κ2) is 3.73. The molecule has 2 aromatic rings. The first kappa shape index (κ1) is 10.3. The summed E-state index contributed by atoms with van der Waals surface area (Å²) in [6.45, 7) is 3.48. The molecular formula is C10H9N3O3. The first-order valence-electron chi connectivity index (χ1n) is 4.63. The summed E-state index contributed by atoms with van der Waals surface area (Å²) in [6.07, 6.45) is 0. The number of hydrogen-bond acceptors (Lipinski definition) is 5. The topological polar surface area (TPSA) is 82.1 Å². The highest BCUT2D eigenvalue weighted by Gasteiger charge is 2.13. The lowest BCUT2D eigenvalue weighted by atomic mass is 10.1. The molecule has 0 aliphatic heterocycles. The average molecular weight is 219 g/mol. The van der Waals surface area contributed by atoms with E-state index < -0.39 is 4.92 Å². The van der Waals surface area contributed by atoms with Crippen molar-refractivity contribution in [2.24, 2.45) is 0 Å². The molecule has 6 nitrogen and oxygen atoms in total. The molecule has 1 heterocycles. The maximum absolute atomic E-state index is 10.6. The molecule has 0 unspecified atom stereocenters. The van der Waals surface area contributed by atoms with Crippen LogP contribution in [0.3, 0.4) is 0 Å². The molecule has 16 heavy (non-hydrogen) atoms. The van der Waals surface area contributed by atoms with Crippen LogP contribution >= 0.6 is 0 Å². The third kappa shape index (κ3) is 1.77. The minimum absolute atomic E-state index is 0.0532. The van der Waals surface area contributed by atoms with Crippen molar-refractivity contribution in [2.75, 3.05) is 0 Å². The fourth-order valence-corrected chi connectivity index (χ4v) is 1.41. The minimum atomic E-state index is -0.435. The number of hydrogen-bond donors (Lipinski definition) is 0. The van der Waals surface area contributed by atoms with E-state index in [4.69, 9.17) is 4.52 Å². The molecule has 0 atom stereocenters. The monoisotopic (exact) mass is 219 g/mol. The van der Waals surface area contributed by atoms with Crippen LogP contribution in [0.25, 0.3) is 11.5 Å². The van der Waals surface area contributed by atoms with Gasteiger partial charge in [-0.05, 0) is 25.5 Å². The van der Waals surface area contributed by atoms with Crippen LogP contribution < -0.4 is 0 Å². The molecule has 0 radical (unpaired) electrons. The second-order valence-corrected chi connectivity index (χ2v) is 3.40. The van der Waals surface area contributed by atoms with Gasteiger partial charge < -0.3 is 4.52 Å². The average Bonchev–Trinajstić information content (AvgIpc) is 2.64. The van der Waals surface area contributed by atoms with Gasteiger partial charge in [-0.1, -0.05) is 5.16 Å². The second-order valence-electron chi connectivity index (χ2n) is 3.40. The molecule has 1 aromatic heterocycles. The Morgan fingerprint density at radius 1 is 1.38 bits per heavy atom. The molecule has 0 aliphatic rings. The predicted molar refractivity (Wildman–Crippen MR) is 55.9 cm³/mol. The molecule has 6 heteroatoms. The summed E-state index contributed by atoms with van der Waals surface area (Å²) < 4.78 is 5.00. The maximum Gasteiger partial charge on any atom is 0.269 e. The highest BCUT2D eigenvalue weighted by molar-refractivity contribution is 5.60. The van der Waals surface area contributed by atoms with Crippen LogP contribution in [0.2, 0.25) is 0 Å². The standard InChI is InChI=1S/C10H9N3O3/c1-6-5-8(13(14)15)3-4-9(6)10-11-7(2)12-16-10/h3-5H,1-2H3. The summed E-state index contributed by atoms with van der Waals surface area (Å²) in [5.74, 6) is 0.914. The van der Waals surface area contributed by atoms with Crippen LogP contribution in [-0.4, -0.2) is 15.1 Å². The van der Waals surface area contributed by atoms with Gasteiger partial charge in [-0.15, -0.1) is 0 Å². The Hall–Kier alpha value is -2.24. The number of aromatic nitrogens is 2. The van der Waals surface area contributed by atoms with Gasteiger partial charge in [0.25, 0.3) is 11.6 Å². The zero-order valence-corrected chi connectivity index (χ0v) is 8.80. The Bertz CT molecular complexity index is 548. The van der Waals surface area contributed by atoms with Gasteiger partial charge in [0.1, 0.15) is 0 Å². The summed E-state index contributed by atoms with van der Waals surface area (Å²) in [7, 11) is 0. The Kier molecular flexibility index (Phi) is 2.40. The van der Waals surface area contributed by atoms with Crippen molar-refractivity contribution in [3.8, 4) is 11.5 Å². The van der Waals surface area contributed by atoms with Crippen molar-refractivity contribution in [3.63, 3.8) is 0 Å². The first-order valence-corrected chi connectivity index (χ1v) is 4.63. The lowest BCUT2D eigenvalue weighted by Gasteiger charge is -1.99. The first-order chi connectivity index (χ1) is 7.58. The number of nitrogens with zero attached hydrogens (tertiary/aromatic N) is 3. The Labute approximate surface area is 91.1 Å². The Balaban J connectivity index is 2.47. The third-order valence-electron chi connectivity index (χ3n) is 2.18. The molecule has 0 fully saturated rings. The van der Waals surface area contributed by atoms with Crippen molar-refractivity contribution >= 4 is 5.69 Å². The summed E-state index contributed by atoms with van der Waals surface area (Å²) >= 11 is 0. The molecule has 0 saturated heterocycles. The SMILES string of the molecule is Cc1noc(-c2ccc([N+](=O)[O-])cc2C)n1. The van der Waals surface area contributed by atoms with Gasteiger partial charge in [-0.2, -0.15) is 4.98 Å². The fraction of sp³-hybridized carbons (Fsp3) is 0.200. The molecular weight excluding hydrogens is 210 g/mol. The van der Waals surface area contributed by atoms with E-state index in [9.17, 15) is 10.1 Å². The lowest BCUT2D eigenvalue weighted by Crippen LogP contribution is -1.90. The third-order valence-corrected chi connectivity index (χ3v) is 2.18. The lowest BCUT2D eigenvalue weighted by molar-refractivity contribution is -0.384. The molecule has 0 bridgehead atoms. The smallest absolute Gasteiger partial charge is 0.269 e. The van der Waals surface area contributed by atoms with E-state index in [1.165, 1.54) is 12.1 Å². The van der Waals surface area contributed by atoms with Gasteiger partial charge in [0, 0.05) is 17.7 Å². The van der Waals surface area contributed by atoms with Crippen molar-refractivity contribution in [1.29, 1.82) is 0 Å². The summed E-state index contributed by atoms with van der Waals surface area (Å²) in [5, 5.41) is 14.2. The van der Waals surface area contributed by atoms with Gasteiger partial charge in [-0.3, -0.25) is 10.1 Å². The fourth-order valence-electron chi connectivity index (χ4n) is 1.41. The van der Waals surface area contributed by atoms with Gasteiger partial charge >= 0.3 is 0 Å². The van der Waals surface area contributed by atoms with Crippen LogP contribution in [0.15, 0.2) is 22.7 Å². The van der Waals surface area contributed by atoms with Crippen LogP contribution in [0.1, 0.15) is 11.4 Å². The van der Waals surface area contributed by atoms with Crippen molar-refractivity contribution < 1.29 is 9.45 Å². The Morgan fingerprint density at radius 3 is 2.62 bits per heavy atom. The van der Waals surface area contributed by atoms with E-state index in [0.717, 1.165) is 5.56 Å². The Morgan fingerprint density at radius 2 is 2.12 bits per heavy atom. The summed E-state index contributed by atoms with van der Waals surface area (Å²) in [4.78, 5) is 14.2. The molecule has 1 aromatic carbocycles. The highest BCUT2D eigenvalue weighted by atomic mass is 16.6. The number of rotatable bonds is 2. The largest absolute Gasteiger partial charge is 0.334 e. The van der Waals surface area contributed by atoms with E-state index in [2.05, 4.69) is 10.1 Å². The zero-order chi connectivity index (χ0) is 11.7. The molecule has 0 saturated carbocycles. The van der Waals surface area contributed by atoms with Gasteiger partial charge in [0.05, 0.1) is 4.92 Å². The molecule has 82 valence electrons. The van der Waals surface area contributed by atoms with Gasteiger partial charge in [-0.25, -0.2) is 0 Å². The highest BCUT2D eigenvalue weighted by Crippen LogP contribution is 2.25. The van der Waals surface area contributed by atoms with Crippen LogP contribution in [-0.2, 0) is 0 Å². The van der Waals surface area contributed by atoms with Crippen molar-refractivity contribution in [2.45, 2.75) is 13.8 Å². The number of aryl methyl sites for hydroxylation is 2. The van der Waals surface area contributed by atoms with E-state index >= 15 is 0 Å². The molecule has 0 N–H and O–H groups in total. The zero-order valence-electron chi connectivity index (χ0n) is 8.80. The van der Waals surface area contributed by atoms with Crippen molar-refractivity contribution in [3.05, 3.63) is 39.7 Å². The van der Waals surface area contributed by atoms with Crippen LogP contribution in [0.4, 0.5) is 5.69 Å². The number of nitro benzene ring substituents is 1. The maximum atomic E-state index is 10.6. The minimum Gasteiger partial charge on any atom is -0.334 e. The van der Waals surface area contributed by atoms with Gasteiger partial charge in [0.15, 0.2) is 5.82 Å². The normalized spacial score (nSPS) is 10.4. The molecule has 0 amide bonds. The molecule has 0 spiro atoms. The van der Waals surface area contributed by atoms with Crippen LogP contribution in [0, 0.1) is 24.0 Å². The van der Waals surface area contributed by atoms with Crippen molar-refractivity contribution in [1.82, 2.24) is 10.1 Å². The predicted octanol–water partition coefficient (Wildman–Crippen LogP) is 2.26. The molecule has 0 aliphatic carbocycles.